The van der Waals surface area contributed by atoms with Crippen molar-refractivity contribution < 1.29 is 9.13 Å². The van der Waals surface area contributed by atoms with E-state index in [0.29, 0.717) is 0 Å². The van der Waals surface area contributed by atoms with E-state index in [1.165, 1.54) is 6.20 Å². The van der Waals surface area contributed by atoms with Gasteiger partial charge in [-0.05, 0) is 12.8 Å². The second kappa shape index (κ2) is 3.02. The van der Waals surface area contributed by atoms with Gasteiger partial charge in [0.2, 0.25) is 0 Å². The van der Waals surface area contributed by atoms with Gasteiger partial charge in [-0.1, -0.05) is 0 Å². The van der Waals surface area contributed by atoms with Crippen LogP contribution in [-0.2, 0) is 0 Å². The highest BCUT2D eigenvalue weighted by Gasteiger charge is 2.24. The third-order valence-corrected chi connectivity index (χ3v) is 1.75. The average Bonchev–Trinajstić information content (AvgIpc) is 2.92. The van der Waals surface area contributed by atoms with E-state index in [-0.39, 0.29) is 17.5 Å². The maximum atomic E-state index is 13.1. The molecule has 0 aliphatic heterocycles. The number of nitrogens with zero attached hydrogens (tertiary/aromatic N) is 2. The van der Waals surface area contributed by atoms with Crippen molar-refractivity contribution in [3.8, 4) is 11.8 Å². The molecule has 1 aliphatic rings. The van der Waals surface area contributed by atoms with Crippen molar-refractivity contribution in [1.82, 2.24) is 4.98 Å². The zero-order valence-corrected chi connectivity index (χ0v) is 6.83. The molecule has 1 fully saturated rings. The summed E-state index contributed by atoms with van der Waals surface area (Å²) in [6.07, 6.45) is 3.34. The molecule has 0 amide bonds. The lowest BCUT2D eigenvalue weighted by atomic mass is 10.3. The van der Waals surface area contributed by atoms with E-state index in [2.05, 4.69) is 4.98 Å². The van der Waals surface area contributed by atoms with Crippen LogP contribution in [0.4, 0.5) is 4.39 Å². The summed E-state index contributed by atoms with van der Waals surface area (Å²) >= 11 is 0. The maximum absolute atomic E-state index is 13.1. The van der Waals surface area contributed by atoms with Crippen LogP contribution in [0.3, 0.4) is 0 Å². The molecule has 1 aromatic heterocycles. The Morgan fingerprint density at radius 2 is 2.38 bits per heavy atom. The number of aromatic nitrogens is 1. The van der Waals surface area contributed by atoms with Crippen LogP contribution in [0.25, 0.3) is 0 Å². The smallest absolute Gasteiger partial charge is 0.173 e. The Morgan fingerprint density at radius 3 is 2.92 bits per heavy atom. The molecule has 0 radical (unpaired) electrons. The first-order valence-corrected chi connectivity index (χ1v) is 4.02. The molecule has 0 N–H and O–H groups in total. The van der Waals surface area contributed by atoms with Crippen LogP contribution >= 0.6 is 0 Å². The van der Waals surface area contributed by atoms with Gasteiger partial charge in [0.1, 0.15) is 11.8 Å². The van der Waals surface area contributed by atoms with Crippen molar-refractivity contribution in [3.05, 3.63) is 23.8 Å². The van der Waals surface area contributed by atoms with E-state index in [9.17, 15) is 4.39 Å². The lowest BCUT2D eigenvalue weighted by molar-refractivity contribution is 0.286. The van der Waals surface area contributed by atoms with Crippen LogP contribution < -0.4 is 4.74 Å². The summed E-state index contributed by atoms with van der Waals surface area (Å²) in [5.74, 6) is -0.375. The van der Waals surface area contributed by atoms with Crippen molar-refractivity contribution in [1.29, 1.82) is 5.26 Å². The Bertz CT molecular complexity index is 368. The SMILES string of the molecule is N#Cc1cc(F)c(OC2CC2)cn1. The van der Waals surface area contributed by atoms with Crippen LogP contribution in [-0.4, -0.2) is 11.1 Å². The number of ether oxygens (including phenoxy) is 1. The quantitative estimate of drug-likeness (QED) is 0.691. The van der Waals surface area contributed by atoms with Gasteiger partial charge in [0.25, 0.3) is 0 Å². The van der Waals surface area contributed by atoms with Crippen molar-refractivity contribution in [2.24, 2.45) is 0 Å². The van der Waals surface area contributed by atoms with Crippen LogP contribution in [0.5, 0.6) is 5.75 Å². The fraction of sp³-hybridized carbons (Fsp3) is 0.333. The van der Waals surface area contributed by atoms with Gasteiger partial charge in [-0.15, -0.1) is 0 Å². The van der Waals surface area contributed by atoms with Gasteiger partial charge in [-0.2, -0.15) is 5.26 Å². The van der Waals surface area contributed by atoms with Gasteiger partial charge in [-0.3, -0.25) is 0 Å². The number of pyridine rings is 1. The van der Waals surface area contributed by atoms with Crippen molar-refractivity contribution in [3.63, 3.8) is 0 Å². The molecule has 0 bridgehead atoms. The summed E-state index contributed by atoms with van der Waals surface area (Å²) in [6.45, 7) is 0. The van der Waals surface area contributed by atoms with Crippen LogP contribution in [0.1, 0.15) is 18.5 Å². The predicted molar refractivity (Wildman–Crippen MR) is 42.6 cm³/mol. The highest BCUT2D eigenvalue weighted by Crippen LogP contribution is 2.27. The van der Waals surface area contributed by atoms with Crippen molar-refractivity contribution in [2.45, 2.75) is 18.9 Å². The second-order valence-electron chi connectivity index (χ2n) is 2.93. The Balaban J connectivity index is 2.21. The molecule has 1 heterocycles. The molecule has 1 aromatic rings. The molecule has 0 spiro atoms. The zero-order valence-electron chi connectivity index (χ0n) is 6.83. The number of nitriles is 1. The summed E-state index contributed by atoms with van der Waals surface area (Å²) in [7, 11) is 0. The van der Waals surface area contributed by atoms with Crippen molar-refractivity contribution >= 4 is 0 Å². The van der Waals surface area contributed by atoms with Crippen LogP contribution in [0.2, 0.25) is 0 Å². The normalized spacial score (nSPS) is 15.1. The number of rotatable bonds is 2. The summed E-state index contributed by atoms with van der Waals surface area (Å²) in [4.78, 5) is 3.71. The minimum absolute atomic E-state index is 0.0700. The summed E-state index contributed by atoms with van der Waals surface area (Å²) in [5, 5.41) is 8.43. The Labute approximate surface area is 74.8 Å². The molecule has 2 rings (SSSR count). The van der Waals surface area contributed by atoms with Gasteiger partial charge in [0, 0.05) is 6.07 Å². The molecule has 0 saturated heterocycles. The second-order valence-corrected chi connectivity index (χ2v) is 2.93. The topological polar surface area (TPSA) is 45.9 Å². The lowest BCUT2D eigenvalue weighted by Gasteiger charge is -2.03. The summed E-state index contributed by atoms with van der Waals surface area (Å²) in [5.41, 5.74) is 0.0700. The van der Waals surface area contributed by atoms with Gasteiger partial charge in [0.15, 0.2) is 11.6 Å². The molecule has 0 atom stereocenters. The van der Waals surface area contributed by atoms with Gasteiger partial charge < -0.3 is 4.74 Å². The Hall–Kier alpha value is -1.63. The fourth-order valence-corrected chi connectivity index (χ4v) is 0.932. The minimum Gasteiger partial charge on any atom is -0.486 e. The third kappa shape index (κ3) is 1.75. The largest absolute Gasteiger partial charge is 0.486 e. The molecule has 3 nitrogen and oxygen atoms in total. The van der Waals surface area contributed by atoms with E-state index in [0.717, 1.165) is 18.9 Å². The molecule has 1 saturated carbocycles. The Morgan fingerprint density at radius 1 is 1.62 bits per heavy atom. The van der Waals surface area contributed by atoms with E-state index in [4.69, 9.17) is 10.00 Å². The first-order valence-electron chi connectivity index (χ1n) is 4.02. The Kier molecular flexibility index (Phi) is 1.85. The van der Waals surface area contributed by atoms with E-state index < -0.39 is 5.82 Å². The van der Waals surface area contributed by atoms with E-state index >= 15 is 0 Å². The van der Waals surface area contributed by atoms with E-state index in [1.54, 1.807) is 6.07 Å². The predicted octanol–water partition coefficient (Wildman–Crippen LogP) is 1.63. The molecular formula is C9H7FN2O. The highest BCUT2D eigenvalue weighted by molar-refractivity contribution is 5.28. The highest BCUT2D eigenvalue weighted by atomic mass is 19.1. The standard InChI is InChI=1S/C9H7FN2O/c10-8-3-6(4-11)12-5-9(8)13-7-1-2-7/h3,5,7H,1-2H2. The maximum Gasteiger partial charge on any atom is 0.173 e. The molecule has 13 heavy (non-hydrogen) atoms. The van der Waals surface area contributed by atoms with Gasteiger partial charge >= 0.3 is 0 Å². The first kappa shape index (κ1) is 7.99. The molecule has 0 unspecified atom stereocenters. The van der Waals surface area contributed by atoms with E-state index in [1.807, 2.05) is 0 Å². The first-order chi connectivity index (χ1) is 6.29. The zero-order chi connectivity index (χ0) is 9.26. The third-order valence-electron chi connectivity index (χ3n) is 1.75. The molecular weight excluding hydrogens is 171 g/mol. The lowest BCUT2D eigenvalue weighted by Crippen LogP contribution is -1.99. The van der Waals surface area contributed by atoms with Crippen molar-refractivity contribution in [2.75, 3.05) is 0 Å². The monoisotopic (exact) mass is 178 g/mol. The molecule has 1 aliphatic carbocycles. The molecule has 4 heteroatoms. The summed E-state index contributed by atoms with van der Waals surface area (Å²) in [6, 6.07) is 2.84. The summed E-state index contributed by atoms with van der Waals surface area (Å²) < 4.78 is 18.3. The minimum atomic E-state index is -0.515. The molecule has 0 aromatic carbocycles. The van der Waals surface area contributed by atoms with Crippen LogP contribution in [0.15, 0.2) is 12.3 Å². The van der Waals surface area contributed by atoms with Crippen LogP contribution in [0, 0.1) is 17.1 Å². The number of halogens is 1. The molecule has 66 valence electrons. The van der Waals surface area contributed by atoms with Gasteiger partial charge in [-0.25, -0.2) is 9.37 Å². The fourth-order valence-electron chi connectivity index (χ4n) is 0.932. The van der Waals surface area contributed by atoms with Gasteiger partial charge in [0.05, 0.1) is 12.3 Å². The average molecular weight is 178 g/mol. The number of hydrogen-bond donors (Lipinski definition) is 0. The number of hydrogen-bond acceptors (Lipinski definition) is 3.